The first kappa shape index (κ1) is 20.0. The molecule has 0 fully saturated rings. The van der Waals surface area contributed by atoms with Gasteiger partial charge in [-0.3, -0.25) is 0 Å². The Kier molecular flexibility index (Phi) is 7.21. The van der Waals surface area contributed by atoms with E-state index in [-0.39, 0.29) is 27.5 Å². The molecule has 0 radical (unpaired) electrons. The monoisotopic (exact) mass is 565 g/mol. The number of fused-ring (bicyclic) bond motifs is 2. The standard InChI is InChI=1S/2C9H7O.C8H12.Pt/c2*1-2-6-9-8(4-1)5-3-7-10-9;1-2-4-6-8-7-5-3-1;/h2*1-7H;1-2,7-8H,3-6H2;. The van der Waals surface area contributed by atoms with E-state index in [2.05, 4.69) is 60.7 Å². The third-order valence-electron chi connectivity index (χ3n) is 4.67. The second-order valence-corrected chi connectivity index (χ2v) is 10.2. The summed E-state index contributed by atoms with van der Waals surface area (Å²) in [5.74, 6) is 1.95. The molecular weight excluding hydrogens is 539 g/mol. The normalized spacial score (nSPS) is 21.5. The van der Waals surface area contributed by atoms with Crippen molar-refractivity contribution in [1.29, 1.82) is 0 Å². The van der Waals surface area contributed by atoms with Crippen LogP contribution in [0.4, 0.5) is 0 Å². The Morgan fingerprint density at radius 2 is 1.00 bits per heavy atom. The minimum absolute atomic E-state index is 0.166. The number of para-hydroxylation sites is 2. The molecule has 0 amide bonds. The van der Waals surface area contributed by atoms with E-state index < -0.39 is 0 Å². The van der Waals surface area contributed by atoms with Crippen LogP contribution < -0.4 is 9.47 Å². The van der Waals surface area contributed by atoms with Crippen LogP contribution in [0.15, 0.2) is 85.0 Å². The second kappa shape index (κ2) is 10.5. The van der Waals surface area contributed by atoms with Crippen LogP contribution in [0.1, 0.15) is 36.8 Å². The summed E-state index contributed by atoms with van der Waals surface area (Å²) in [6, 6.07) is 16.3. The van der Waals surface area contributed by atoms with Gasteiger partial charge in [0.2, 0.25) is 0 Å². The summed E-state index contributed by atoms with van der Waals surface area (Å²) in [5, 5.41) is 0. The quantitative estimate of drug-likeness (QED) is 0.382. The summed E-state index contributed by atoms with van der Waals surface area (Å²) in [4.78, 5) is 0. The van der Waals surface area contributed by atoms with Crippen molar-refractivity contribution in [3.63, 3.8) is 0 Å². The molecule has 0 saturated carbocycles. The van der Waals surface area contributed by atoms with Crippen molar-refractivity contribution in [1.82, 2.24) is 0 Å². The third-order valence-corrected chi connectivity index (χ3v) is 7.58. The molecule has 0 spiro atoms. The summed E-state index contributed by atoms with van der Waals surface area (Å²) >= 11 is -0.299. The number of rotatable bonds is 2. The molecule has 5 rings (SSSR count). The van der Waals surface area contributed by atoms with E-state index >= 15 is 0 Å². The van der Waals surface area contributed by atoms with Gasteiger partial charge in [0, 0.05) is 0 Å². The van der Waals surface area contributed by atoms with Gasteiger partial charge in [0.15, 0.2) is 0 Å². The van der Waals surface area contributed by atoms with Crippen molar-refractivity contribution >= 4 is 12.2 Å². The van der Waals surface area contributed by atoms with Crippen LogP contribution >= 0.6 is 0 Å². The van der Waals surface area contributed by atoms with E-state index in [0.717, 1.165) is 22.6 Å². The van der Waals surface area contributed by atoms with Gasteiger partial charge < -0.3 is 0 Å². The van der Waals surface area contributed by atoms with Crippen LogP contribution in [-0.4, -0.2) is 8.99 Å². The number of allylic oxidation sites excluding steroid dienone is 4. The first-order valence-electron chi connectivity index (χ1n) is 10.1. The fourth-order valence-corrected chi connectivity index (χ4v) is 5.74. The number of benzene rings is 2. The zero-order chi connectivity index (χ0) is 19.7. The van der Waals surface area contributed by atoms with Crippen molar-refractivity contribution in [3.05, 3.63) is 96.1 Å². The SMILES string of the molecule is C1=CCCC=CCC1.C1=C[CH]([Pt][CH]2C=Cc3ccccc3O2)Oc2ccccc21. The van der Waals surface area contributed by atoms with Gasteiger partial charge in [0.25, 0.3) is 0 Å². The van der Waals surface area contributed by atoms with E-state index in [1.807, 2.05) is 36.4 Å². The maximum absolute atomic E-state index is 6.07. The summed E-state index contributed by atoms with van der Waals surface area (Å²) in [6.45, 7) is 0. The molecule has 0 bridgehead atoms. The average Bonchev–Trinajstić information content (AvgIpc) is 2.74. The predicted octanol–water partition coefficient (Wildman–Crippen LogP) is 6.61. The molecule has 2 aromatic carbocycles. The van der Waals surface area contributed by atoms with Crippen LogP contribution in [-0.2, 0) is 18.6 Å². The molecule has 0 aromatic heterocycles. The first-order valence-corrected chi connectivity index (χ1v) is 12.7. The van der Waals surface area contributed by atoms with Gasteiger partial charge >= 0.3 is 132 Å². The molecule has 2 atom stereocenters. The Hall–Kier alpha value is -2.31. The Labute approximate surface area is 182 Å². The van der Waals surface area contributed by atoms with E-state index in [1.54, 1.807) is 0 Å². The van der Waals surface area contributed by atoms with E-state index in [4.69, 9.17) is 9.47 Å². The molecule has 0 N–H and O–H groups in total. The van der Waals surface area contributed by atoms with Gasteiger partial charge in [-0.05, 0) is 25.7 Å². The molecule has 2 aliphatic heterocycles. The number of hydrogen-bond donors (Lipinski definition) is 0. The predicted molar refractivity (Wildman–Crippen MR) is 117 cm³/mol. The van der Waals surface area contributed by atoms with Crippen molar-refractivity contribution in [3.8, 4) is 11.5 Å². The molecule has 2 unspecified atom stereocenters. The van der Waals surface area contributed by atoms with Gasteiger partial charge in [-0.25, -0.2) is 0 Å². The number of hydrogen-bond acceptors (Lipinski definition) is 2. The Morgan fingerprint density at radius 3 is 1.45 bits per heavy atom. The van der Waals surface area contributed by atoms with Crippen molar-refractivity contribution < 1.29 is 28.0 Å². The van der Waals surface area contributed by atoms with Gasteiger partial charge in [-0.1, -0.05) is 24.3 Å². The Bertz CT molecular complexity index is 838. The zero-order valence-electron chi connectivity index (χ0n) is 16.4. The molecule has 2 nitrogen and oxygen atoms in total. The van der Waals surface area contributed by atoms with E-state index in [1.165, 1.54) is 25.7 Å². The van der Waals surface area contributed by atoms with Gasteiger partial charge in [0.1, 0.15) is 0 Å². The first-order chi connectivity index (χ1) is 14.4. The molecular formula is C26H26O2Pt. The molecule has 2 aromatic rings. The fourth-order valence-electron chi connectivity index (χ4n) is 3.18. The van der Waals surface area contributed by atoms with Crippen molar-refractivity contribution in [2.24, 2.45) is 0 Å². The Balaban J connectivity index is 0.000000216. The molecule has 3 heteroatoms. The van der Waals surface area contributed by atoms with Crippen LogP contribution in [0, 0.1) is 0 Å². The minimum atomic E-state index is -0.299. The summed E-state index contributed by atoms with van der Waals surface area (Å²) in [6.07, 6.45) is 22.6. The van der Waals surface area contributed by atoms with Gasteiger partial charge in [-0.15, -0.1) is 0 Å². The van der Waals surface area contributed by atoms with Crippen LogP contribution in [0.2, 0.25) is 0 Å². The summed E-state index contributed by atoms with van der Waals surface area (Å²) < 4.78 is 12.5. The van der Waals surface area contributed by atoms with Crippen LogP contribution in [0.5, 0.6) is 11.5 Å². The van der Waals surface area contributed by atoms with Crippen molar-refractivity contribution in [2.45, 2.75) is 34.7 Å². The number of ether oxygens (including phenoxy) is 2. The molecule has 0 saturated heterocycles. The van der Waals surface area contributed by atoms with Crippen molar-refractivity contribution in [2.75, 3.05) is 0 Å². The van der Waals surface area contributed by atoms with E-state index in [9.17, 15) is 0 Å². The Morgan fingerprint density at radius 1 is 0.586 bits per heavy atom. The third kappa shape index (κ3) is 5.84. The zero-order valence-corrected chi connectivity index (χ0v) is 18.6. The van der Waals surface area contributed by atoms with Crippen LogP contribution in [0.25, 0.3) is 12.2 Å². The van der Waals surface area contributed by atoms with Gasteiger partial charge in [-0.2, -0.15) is 0 Å². The topological polar surface area (TPSA) is 18.5 Å². The van der Waals surface area contributed by atoms with E-state index in [0.29, 0.717) is 0 Å². The summed E-state index contributed by atoms with van der Waals surface area (Å²) in [5.41, 5.74) is 2.31. The molecule has 2 heterocycles. The molecule has 152 valence electrons. The molecule has 3 aliphatic rings. The average molecular weight is 566 g/mol. The van der Waals surface area contributed by atoms with Crippen LogP contribution in [0.3, 0.4) is 0 Å². The second-order valence-electron chi connectivity index (χ2n) is 6.86. The van der Waals surface area contributed by atoms with Gasteiger partial charge in [0.05, 0.1) is 0 Å². The maximum atomic E-state index is 6.07. The molecule has 29 heavy (non-hydrogen) atoms. The fraction of sp³-hybridized carbons (Fsp3) is 0.231. The summed E-state index contributed by atoms with van der Waals surface area (Å²) in [7, 11) is 0. The molecule has 1 aliphatic carbocycles.